The van der Waals surface area contributed by atoms with Gasteiger partial charge in [-0.05, 0) is 59.7 Å². The highest BCUT2D eigenvalue weighted by atomic mass is 16.5. The number of benzene rings is 4. The van der Waals surface area contributed by atoms with Gasteiger partial charge in [0.2, 0.25) is 5.91 Å². The van der Waals surface area contributed by atoms with Crippen LogP contribution in [0.15, 0.2) is 71.7 Å². The Balaban J connectivity index is 0.915. The molecule has 2 N–H and O–H groups in total. The third-order valence-corrected chi connectivity index (χ3v) is 10.8. The van der Waals surface area contributed by atoms with Crippen LogP contribution in [-0.2, 0) is 17.6 Å². The van der Waals surface area contributed by atoms with E-state index in [-0.39, 0.29) is 35.2 Å². The quantitative estimate of drug-likeness (QED) is 0.150. The van der Waals surface area contributed by atoms with Crippen LogP contribution in [0.2, 0.25) is 0 Å². The first kappa shape index (κ1) is 36.9. The van der Waals surface area contributed by atoms with Crippen molar-refractivity contribution in [2.45, 2.75) is 65.0 Å². The summed E-state index contributed by atoms with van der Waals surface area (Å²) in [6, 6.07) is 20.5. The first-order valence-corrected chi connectivity index (χ1v) is 19.2. The Hall–Kier alpha value is -6.04. The van der Waals surface area contributed by atoms with Crippen molar-refractivity contribution in [1.29, 1.82) is 0 Å². The molecule has 0 saturated carbocycles. The van der Waals surface area contributed by atoms with Crippen molar-refractivity contribution < 1.29 is 33.3 Å². The van der Waals surface area contributed by atoms with Crippen LogP contribution < -0.4 is 39.4 Å². The van der Waals surface area contributed by atoms with E-state index in [9.17, 15) is 14.4 Å². The molecule has 56 heavy (non-hydrogen) atoms. The van der Waals surface area contributed by atoms with Gasteiger partial charge in [0.15, 0.2) is 23.0 Å². The number of para-hydroxylation sites is 1. The number of ether oxygens (including phenoxy) is 4. The average molecular weight is 758 g/mol. The van der Waals surface area contributed by atoms with E-state index < -0.39 is 0 Å². The molecule has 0 aromatic heterocycles. The van der Waals surface area contributed by atoms with Gasteiger partial charge in [0.25, 0.3) is 11.8 Å². The molecule has 0 radical (unpaired) electrons. The van der Waals surface area contributed by atoms with E-state index in [4.69, 9.17) is 23.9 Å². The SMILES string of the molecule is COc1cc2c(cc1OCCCOc1cc3c(cc1OC)C(=O)N1c4cc(NC(=O)CCC(C)(C)C)ccc4C[C@H]1CN3)N=C[C@@H]1Cc3ccccc3N1C2=O. The smallest absolute Gasteiger partial charge is 0.261 e. The van der Waals surface area contributed by atoms with Gasteiger partial charge in [-0.15, -0.1) is 0 Å². The lowest BCUT2D eigenvalue weighted by molar-refractivity contribution is -0.116. The van der Waals surface area contributed by atoms with E-state index in [0.717, 1.165) is 35.3 Å². The molecule has 3 amide bonds. The van der Waals surface area contributed by atoms with Crippen molar-refractivity contribution in [3.63, 3.8) is 0 Å². The van der Waals surface area contributed by atoms with Crippen LogP contribution in [0.3, 0.4) is 0 Å². The fourth-order valence-corrected chi connectivity index (χ4v) is 7.86. The van der Waals surface area contributed by atoms with Crippen LogP contribution in [0.1, 0.15) is 71.9 Å². The van der Waals surface area contributed by atoms with E-state index in [1.54, 1.807) is 37.3 Å². The minimum atomic E-state index is -0.149. The zero-order valence-electron chi connectivity index (χ0n) is 32.4. The third kappa shape index (κ3) is 7.11. The first-order valence-electron chi connectivity index (χ1n) is 19.2. The van der Waals surface area contributed by atoms with Gasteiger partial charge in [0.05, 0.1) is 62.0 Å². The van der Waals surface area contributed by atoms with Gasteiger partial charge in [0.1, 0.15) is 0 Å². The van der Waals surface area contributed by atoms with Gasteiger partial charge < -0.3 is 34.5 Å². The van der Waals surface area contributed by atoms with Gasteiger partial charge in [-0.1, -0.05) is 45.0 Å². The highest BCUT2D eigenvalue weighted by Gasteiger charge is 2.39. The summed E-state index contributed by atoms with van der Waals surface area (Å²) in [5.74, 6) is 1.57. The largest absolute Gasteiger partial charge is 0.493 e. The minimum absolute atomic E-state index is 0.0409. The second-order valence-electron chi connectivity index (χ2n) is 15.8. The summed E-state index contributed by atoms with van der Waals surface area (Å²) >= 11 is 0. The molecule has 12 nitrogen and oxygen atoms in total. The first-order chi connectivity index (χ1) is 27.0. The van der Waals surface area contributed by atoms with E-state index in [0.29, 0.717) is 90.2 Å². The van der Waals surface area contributed by atoms with Crippen LogP contribution in [-0.4, -0.2) is 70.0 Å². The molecule has 0 unspecified atom stereocenters. The van der Waals surface area contributed by atoms with Crippen molar-refractivity contribution in [3.05, 3.63) is 89.0 Å². The lowest BCUT2D eigenvalue weighted by atomic mass is 9.90. The molecular formula is C44H47N5O7. The summed E-state index contributed by atoms with van der Waals surface area (Å²) in [6.45, 7) is 7.53. The molecule has 4 aliphatic rings. The molecule has 0 saturated heterocycles. The van der Waals surface area contributed by atoms with Crippen LogP contribution in [0.4, 0.5) is 28.4 Å². The number of carbonyl (C=O) groups is 3. The zero-order chi connectivity index (χ0) is 39.1. The number of fused-ring (bicyclic) bond motifs is 8. The molecule has 0 fully saturated rings. The Kier molecular flexibility index (Phi) is 9.82. The predicted octanol–water partition coefficient (Wildman–Crippen LogP) is 7.60. The second kappa shape index (κ2) is 14.9. The number of aliphatic imine (C=N–C) groups is 1. The van der Waals surface area contributed by atoms with Gasteiger partial charge >= 0.3 is 0 Å². The average Bonchev–Trinajstić information content (AvgIpc) is 3.67. The van der Waals surface area contributed by atoms with E-state index in [2.05, 4.69) is 31.4 Å². The van der Waals surface area contributed by atoms with E-state index >= 15 is 0 Å². The summed E-state index contributed by atoms with van der Waals surface area (Å²) < 4.78 is 23.7. The number of amides is 3. The molecule has 4 aliphatic heterocycles. The van der Waals surface area contributed by atoms with Gasteiger partial charge in [-0.25, -0.2) is 0 Å². The molecule has 0 bridgehead atoms. The molecular weight excluding hydrogens is 711 g/mol. The number of carbonyl (C=O) groups excluding carboxylic acids is 3. The van der Waals surface area contributed by atoms with Crippen LogP contribution in [0, 0.1) is 5.41 Å². The molecule has 0 spiro atoms. The fourth-order valence-electron chi connectivity index (χ4n) is 7.86. The summed E-state index contributed by atoms with van der Waals surface area (Å²) in [7, 11) is 3.10. The van der Waals surface area contributed by atoms with Gasteiger partial charge in [-0.2, -0.15) is 0 Å². The molecule has 8 rings (SSSR count). The lowest BCUT2D eigenvalue weighted by Gasteiger charge is -2.23. The van der Waals surface area contributed by atoms with Crippen molar-refractivity contribution in [3.8, 4) is 23.0 Å². The van der Waals surface area contributed by atoms with Crippen molar-refractivity contribution in [2.75, 3.05) is 54.4 Å². The number of rotatable bonds is 11. The number of nitrogens with zero attached hydrogens (tertiary/aromatic N) is 3. The maximum Gasteiger partial charge on any atom is 0.261 e. The van der Waals surface area contributed by atoms with E-state index in [1.165, 1.54) is 0 Å². The van der Waals surface area contributed by atoms with E-state index in [1.807, 2.05) is 59.6 Å². The molecule has 0 aliphatic carbocycles. The maximum atomic E-state index is 14.2. The third-order valence-electron chi connectivity index (χ3n) is 10.8. The van der Waals surface area contributed by atoms with Crippen LogP contribution >= 0.6 is 0 Å². The lowest BCUT2D eigenvalue weighted by Crippen LogP contribution is -2.39. The molecule has 290 valence electrons. The number of nitrogens with one attached hydrogen (secondary N) is 2. The molecule has 2 atom stereocenters. The van der Waals surface area contributed by atoms with Gasteiger partial charge in [-0.3, -0.25) is 24.3 Å². The molecule has 12 heteroatoms. The normalized spacial score (nSPS) is 17.7. The number of methoxy groups -OCH3 is 2. The summed E-state index contributed by atoms with van der Waals surface area (Å²) in [5, 5.41) is 6.49. The maximum absolute atomic E-state index is 14.2. The number of hydrogen-bond acceptors (Lipinski definition) is 9. The summed E-state index contributed by atoms with van der Waals surface area (Å²) in [5.41, 5.74) is 6.77. The minimum Gasteiger partial charge on any atom is -0.493 e. The highest BCUT2D eigenvalue weighted by Crippen LogP contribution is 2.43. The molecule has 4 aromatic carbocycles. The Bertz CT molecular complexity index is 2250. The second-order valence-corrected chi connectivity index (χ2v) is 15.8. The monoisotopic (exact) mass is 757 g/mol. The molecule has 4 aromatic rings. The van der Waals surface area contributed by atoms with Crippen LogP contribution in [0.25, 0.3) is 0 Å². The summed E-state index contributed by atoms with van der Waals surface area (Å²) in [6.07, 6.45) is 4.99. The summed E-state index contributed by atoms with van der Waals surface area (Å²) in [4.78, 5) is 48.9. The Morgan fingerprint density at radius 3 is 2.27 bits per heavy atom. The van der Waals surface area contributed by atoms with Gasteiger partial charge in [0, 0.05) is 61.2 Å². The Labute approximate surface area is 326 Å². The number of anilines is 4. The highest BCUT2D eigenvalue weighted by molar-refractivity contribution is 6.15. The number of hydrogen-bond donors (Lipinski definition) is 2. The Morgan fingerprint density at radius 2 is 1.52 bits per heavy atom. The van der Waals surface area contributed by atoms with Crippen molar-refractivity contribution in [2.24, 2.45) is 10.4 Å². The van der Waals surface area contributed by atoms with Crippen molar-refractivity contribution in [1.82, 2.24) is 0 Å². The van der Waals surface area contributed by atoms with Crippen LogP contribution in [0.5, 0.6) is 23.0 Å². The Morgan fingerprint density at radius 1 is 0.821 bits per heavy atom. The standard InChI is InChI=1S/C44H47N5O7/c1-44(2,3)14-13-41(50)47-28-12-11-27-18-30-25-46-34-23-40(38(54-5)21-32(34)43(52)49(30)36(27)19-28)56-16-8-15-55-39-22-33-31(20-37(39)53-4)42(51)48-29(24-45-33)17-26-9-6-7-10-35(26)48/h6-7,9-12,19-24,29-30,46H,8,13-18,25H2,1-5H3,(H,47,50)/t29-,30-/m0/s1. The predicted molar refractivity (Wildman–Crippen MR) is 217 cm³/mol. The fraction of sp³-hybridized carbons (Fsp3) is 0.364. The molecule has 4 heterocycles. The topological polar surface area (TPSA) is 131 Å². The zero-order valence-corrected chi connectivity index (χ0v) is 32.4. The van der Waals surface area contributed by atoms with Crippen molar-refractivity contribution >= 4 is 52.4 Å².